The maximum atomic E-state index is 14.0. The Morgan fingerprint density at radius 2 is 2.00 bits per heavy atom. The third kappa shape index (κ3) is 3.26. The Morgan fingerprint density at radius 3 is 2.73 bits per heavy atom. The molecule has 0 aromatic heterocycles. The zero-order chi connectivity index (χ0) is 23.2. The third-order valence-electron chi connectivity index (χ3n) is 7.97. The van der Waals surface area contributed by atoms with E-state index >= 15 is 0 Å². The number of hydrogen-bond donors (Lipinski definition) is 1. The number of esters is 1. The fourth-order valence-electron chi connectivity index (χ4n) is 6.59. The first-order valence-electron chi connectivity index (χ1n) is 11.9. The Kier molecular flexibility index (Phi) is 5.44. The first kappa shape index (κ1) is 22.0. The predicted molar refractivity (Wildman–Crippen MR) is 122 cm³/mol. The molecule has 2 aromatic carbocycles. The highest BCUT2D eigenvalue weighted by molar-refractivity contribution is 6.07. The summed E-state index contributed by atoms with van der Waals surface area (Å²) in [5.74, 6) is -0.332. The van der Waals surface area contributed by atoms with Crippen LogP contribution in [0.1, 0.15) is 49.3 Å². The van der Waals surface area contributed by atoms with Gasteiger partial charge in [-0.15, -0.1) is 0 Å². The Bertz CT molecular complexity index is 1070. The van der Waals surface area contributed by atoms with Crippen molar-refractivity contribution in [1.82, 2.24) is 4.90 Å². The van der Waals surface area contributed by atoms with Crippen LogP contribution in [0, 0.1) is 11.8 Å². The van der Waals surface area contributed by atoms with E-state index in [2.05, 4.69) is 12.1 Å². The molecule has 3 aliphatic rings. The van der Waals surface area contributed by atoms with Crippen LogP contribution in [0.15, 0.2) is 48.5 Å². The number of nitrogens with zero attached hydrogens (tertiary/aromatic N) is 1. The molecule has 6 heteroatoms. The van der Waals surface area contributed by atoms with Gasteiger partial charge >= 0.3 is 5.97 Å². The molecule has 33 heavy (non-hydrogen) atoms. The van der Waals surface area contributed by atoms with E-state index in [0.717, 1.165) is 42.6 Å². The molecule has 1 saturated carbocycles. The number of carbonyl (C=O) groups excluding carboxylic acids is 2. The van der Waals surface area contributed by atoms with Gasteiger partial charge in [0, 0.05) is 13.0 Å². The maximum Gasteiger partial charge on any atom is 0.348 e. The lowest BCUT2D eigenvalue weighted by Crippen LogP contribution is -2.71. The van der Waals surface area contributed by atoms with Gasteiger partial charge < -0.3 is 19.5 Å². The summed E-state index contributed by atoms with van der Waals surface area (Å²) in [6.45, 7) is 2.14. The van der Waals surface area contributed by atoms with Gasteiger partial charge in [0.15, 0.2) is 0 Å². The number of amides is 1. The molecule has 1 aliphatic heterocycles. The second kappa shape index (κ2) is 8.17. The highest BCUT2D eigenvalue weighted by atomic mass is 16.6. The van der Waals surface area contributed by atoms with E-state index in [1.807, 2.05) is 36.4 Å². The molecule has 4 atom stereocenters. The number of hydrogen-bond acceptors (Lipinski definition) is 5. The SMILES string of the molecule is CCOC(=O)[C@]1(O)C[C@@H]2[C@H]3CCC[C@@]2(c2ccc(OC)cc2C3)N(Cc2ccccc2)C1=O. The molecular formula is C27H31NO5. The Morgan fingerprint density at radius 1 is 1.21 bits per heavy atom. The lowest BCUT2D eigenvalue weighted by molar-refractivity contribution is -0.203. The van der Waals surface area contributed by atoms with E-state index in [0.29, 0.717) is 6.54 Å². The molecule has 0 radical (unpaired) electrons. The maximum absolute atomic E-state index is 14.0. The van der Waals surface area contributed by atoms with E-state index in [4.69, 9.17) is 9.47 Å². The summed E-state index contributed by atoms with van der Waals surface area (Å²) in [4.78, 5) is 28.7. The first-order chi connectivity index (χ1) is 15.9. The number of benzene rings is 2. The number of rotatable bonds is 5. The Hall–Kier alpha value is -2.86. The van der Waals surface area contributed by atoms with E-state index in [1.54, 1.807) is 18.9 Å². The zero-order valence-corrected chi connectivity index (χ0v) is 19.3. The summed E-state index contributed by atoms with van der Waals surface area (Å²) in [5, 5.41) is 11.5. The molecule has 0 spiro atoms. The van der Waals surface area contributed by atoms with Crippen molar-refractivity contribution in [2.24, 2.45) is 11.8 Å². The molecule has 2 bridgehead atoms. The molecule has 5 rings (SSSR count). The van der Waals surface area contributed by atoms with Crippen LogP contribution in [0.4, 0.5) is 0 Å². The van der Waals surface area contributed by atoms with Crippen molar-refractivity contribution in [1.29, 1.82) is 0 Å². The first-order valence-corrected chi connectivity index (χ1v) is 11.9. The van der Waals surface area contributed by atoms with E-state index in [1.165, 1.54) is 5.56 Å². The molecule has 1 saturated heterocycles. The third-order valence-corrected chi connectivity index (χ3v) is 7.97. The van der Waals surface area contributed by atoms with Gasteiger partial charge in [-0.25, -0.2) is 4.79 Å². The monoisotopic (exact) mass is 449 g/mol. The molecule has 2 aliphatic carbocycles. The van der Waals surface area contributed by atoms with Crippen molar-refractivity contribution >= 4 is 11.9 Å². The molecule has 0 unspecified atom stereocenters. The standard InChI is InChI=1S/C27H31NO5/c1-3-33-25(30)27(31)16-23-19-10-7-13-26(23,22-12-11-21(32-2)15-20(22)14-19)28(24(27)29)17-18-8-5-4-6-9-18/h4-6,8-9,11-12,15,19,23,31H,3,7,10,13-14,16-17H2,1-2H3/t19-,23+,26-,27-/m0/s1. The summed E-state index contributed by atoms with van der Waals surface area (Å²) in [6, 6.07) is 15.9. The van der Waals surface area contributed by atoms with Gasteiger partial charge in [0.1, 0.15) is 5.75 Å². The highest BCUT2D eigenvalue weighted by Gasteiger charge is 2.66. The van der Waals surface area contributed by atoms with Crippen molar-refractivity contribution in [2.75, 3.05) is 13.7 Å². The summed E-state index contributed by atoms with van der Waals surface area (Å²) in [6.07, 6.45) is 3.78. The lowest BCUT2D eigenvalue weighted by atomic mass is 9.52. The van der Waals surface area contributed by atoms with E-state index in [9.17, 15) is 14.7 Å². The van der Waals surface area contributed by atoms with E-state index < -0.39 is 23.0 Å². The number of carbonyl (C=O) groups is 2. The van der Waals surface area contributed by atoms with Crippen LogP contribution in [0.5, 0.6) is 5.75 Å². The number of piperidine rings is 1. The molecular weight excluding hydrogens is 418 g/mol. The largest absolute Gasteiger partial charge is 0.497 e. The van der Waals surface area contributed by atoms with Gasteiger partial charge in [0.2, 0.25) is 5.60 Å². The van der Waals surface area contributed by atoms with Gasteiger partial charge in [-0.2, -0.15) is 0 Å². The number of methoxy groups -OCH3 is 1. The van der Waals surface area contributed by atoms with Crippen LogP contribution in [0.3, 0.4) is 0 Å². The van der Waals surface area contributed by atoms with Crippen LogP contribution in [0.25, 0.3) is 0 Å². The molecule has 1 heterocycles. The quantitative estimate of drug-likeness (QED) is 0.558. The normalized spacial score (nSPS) is 30.3. The van der Waals surface area contributed by atoms with Gasteiger partial charge in [-0.1, -0.05) is 42.8 Å². The second-order valence-corrected chi connectivity index (χ2v) is 9.57. The Labute approximate surface area is 194 Å². The smallest absolute Gasteiger partial charge is 0.348 e. The molecule has 174 valence electrons. The predicted octanol–water partition coefficient (Wildman–Crippen LogP) is 3.59. The number of fused-ring (bicyclic) bond motifs is 1. The zero-order valence-electron chi connectivity index (χ0n) is 19.3. The van der Waals surface area contributed by atoms with Crippen LogP contribution < -0.4 is 4.74 Å². The summed E-state index contributed by atoms with van der Waals surface area (Å²) >= 11 is 0. The van der Waals surface area contributed by atoms with Crippen molar-refractivity contribution in [3.05, 3.63) is 65.2 Å². The van der Waals surface area contributed by atoms with Gasteiger partial charge in [0.05, 0.1) is 19.3 Å². The molecule has 2 aromatic rings. The van der Waals surface area contributed by atoms with Gasteiger partial charge in [-0.05, 0) is 66.8 Å². The van der Waals surface area contributed by atoms with Crippen LogP contribution in [0.2, 0.25) is 0 Å². The van der Waals surface area contributed by atoms with Crippen LogP contribution in [-0.4, -0.2) is 41.2 Å². The second-order valence-electron chi connectivity index (χ2n) is 9.57. The average Bonchev–Trinajstić information content (AvgIpc) is 2.82. The summed E-state index contributed by atoms with van der Waals surface area (Å²) < 4.78 is 10.7. The van der Waals surface area contributed by atoms with Crippen molar-refractivity contribution in [2.45, 2.75) is 56.7 Å². The van der Waals surface area contributed by atoms with Crippen LogP contribution >= 0.6 is 0 Å². The molecule has 2 fully saturated rings. The number of likely N-dealkylation sites (tertiary alicyclic amines) is 1. The highest BCUT2D eigenvalue weighted by Crippen LogP contribution is 2.60. The Balaban J connectivity index is 1.69. The van der Waals surface area contributed by atoms with Gasteiger partial charge in [-0.3, -0.25) is 4.79 Å². The molecule has 1 amide bonds. The number of aliphatic hydroxyl groups is 1. The van der Waals surface area contributed by atoms with Crippen LogP contribution in [-0.2, 0) is 32.8 Å². The fourth-order valence-corrected chi connectivity index (χ4v) is 6.59. The summed E-state index contributed by atoms with van der Waals surface area (Å²) in [7, 11) is 1.66. The minimum Gasteiger partial charge on any atom is -0.497 e. The van der Waals surface area contributed by atoms with E-state index in [-0.39, 0.29) is 24.9 Å². The summed E-state index contributed by atoms with van der Waals surface area (Å²) in [5.41, 5.74) is 0.574. The van der Waals surface area contributed by atoms with Crippen molar-refractivity contribution in [3.8, 4) is 5.75 Å². The minimum absolute atomic E-state index is 0.0250. The lowest BCUT2D eigenvalue weighted by Gasteiger charge is -2.62. The van der Waals surface area contributed by atoms with Crippen molar-refractivity contribution < 1.29 is 24.2 Å². The topological polar surface area (TPSA) is 76.1 Å². The van der Waals surface area contributed by atoms with Crippen molar-refractivity contribution in [3.63, 3.8) is 0 Å². The fraction of sp³-hybridized carbons (Fsp3) is 0.481. The minimum atomic E-state index is -2.15. The molecule has 6 nitrogen and oxygen atoms in total. The average molecular weight is 450 g/mol. The molecule has 1 N–H and O–H groups in total. The number of ether oxygens (including phenoxy) is 2. The van der Waals surface area contributed by atoms with Gasteiger partial charge in [0.25, 0.3) is 5.91 Å².